The number of benzene rings is 1. The average Bonchev–Trinajstić information content (AvgIpc) is 2.17. The van der Waals surface area contributed by atoms with E-state index in [0.29, 0.717) is 5.92 Å². The van der Waals surface area contributed by atoms with Gasteiger partial charge in [0.1, 0.15) is 0 Å². The lowest BCUT2D eigenvalue weighted by Gasteiger charge is -2.13. The van der Waals surface area contributed by atoms with E-state index in [2.05, 4.69) is 47.0 Å². The molecule has 3 heteroatoms. The van der Waals surface area contributed by atoms with E-state index in [4.69, 9.17) is 4.74 Å². The van der Waals surface area contributed by atoms with Gasteiger partial charge in [-0.25, -0.2) is 0 Å². The molecule has 1 aromatic carbocycles. The fourth-order valence-corrected chi connectivity index (χ4v) is 1.81. The molecule has 14 heavy (non-hydrogen) atoms. The van der Waals surface area contributed by atoms with Crippen molar-refractivity contribution in [3.05, 3.63) is 27.8 Å². The van der Waals surface area contributed by atoms with E-state index in [1.54, 1.807) is 7.11 Å². The quantitative estimate of drug-likeness (QED) is 0.845. The van der Waals surface area contributed by atoms with Crippen LogP contribution in [-0.2, 0) is 4.74 Å². The SMILES string of the molecule is COCC(C)CNc1ccccc1I. The molecular weight excluding hydrogens is 289 g/mol. The molecule has 0 bridgehead atoms. The lowest BCUT2D eigenvalue weighted by Crippen LogP contribution is -2.16. The van der Waals surface area contributed by atoms with Crippen LogP contribution in [-0.4, -0.2) is 20.3 Å². The molecule has 1 unspecified atom stereocenters. The van der Waals surface area contributed by atoms with Gasteiger partial charge in [0.05, 0.1) is 6.61 Å². The average molecular weight is 305 g/mol. The van der Waals surface area contributed by atoms with Gasteiger partial charge in [-0.05, 0) is 40.6 Å². The Morgan fingerprint density at radius 3 is 2.79 bits per heavy atom. The Bertz CT molecular complexity index is 278. The third-order valence-corrected chi connectivity index (χ3v) is 2.91. The summed E-state index contributed by atoms with van der Waals surface area (Å²) in [5.74, 6) is 0.538. The van der Waals surface area contributed by atoms with Crippen molar-refractivity contribution in [2.24, 2.45) is 5.92 Å². The predicted octanol–water partition coefficient (Wildman–Crippen LogP) is 2.99. The highest BCUT2D eigenvalue weighted by atomic mass is 127. The number of rotatable bonds is 5. The van der Waals surface area contributed by atoms with Crippen LogP contribution in [0.1, 0.15) is 6.92 Å². The van der Waals surface area contributed by atoms with Crippen molar-refractivity contribution in [2.45, 2.75) is 6.92 Å². The van der Waals surface area contributed by atoms with E-state index in [9.17, 15) is 0 Å². The minimum atomic E-state index is 0.538. The molecule has 0 aromatic heterocycles. The second-order valence-electron chi connectivity index (χ2n) is 3.42. The van der Waals surface area contributed by atoms with Gasteiger partial charge in [-0.15, -0.1) is 0 Å². The molecule has 0 aliphatic rings. The van der Waals surface area contributed by atoms with E-state index in [-0.39, 0.29) is 0 Å². The Hall–Kier alpha value is -0.290. The molecule has 0 saturated carbocycles. The number of hydrogen-bond acceptors (Lipinski definition) is 2. The van der Waals surface area contributed by atoms with Crippen molar-refractivity contribution in [2.75, 3.05) is 25.6 Å². The first-order chi connectivity index (χ1) is 6.74. The Morgan fingerprint density at radius 1 is 1.43 bits per heavy atom. The minimum Gasteiger partial charge on any atom is -0.384 e. The maximum atomic E-state index is 5.08. The fourth-order valence-electron chi connectivity index (χ4n) is 1.23. The van der Waals surface area contributed by atoms with E-state index in [0.717, 1.165) is 13.2 Å². The number of nitrogens with one attached hydrogen (secondary N) is 1. The van der Waals surface area contributed by atoms with E-state index in [1.165, 1.54) is 9.26 Å². The normalized spacial score (nSPS) is 12.5. The largest absolute Gasteiger partial charge is 0.384 e. The third-order valence-electron chi connectivity index (χ3n) is 1.97. The first-order valence-corrected chi connectivity index (χ1v) is 5.79. The maximum Gasteiger partial charge on any atom is 0.0504 e. The molecule has 1 atom stereocenters. The summed E-state index contributed by atoms with van der Waals surface area (Å²) in [5, 5.41) is 3.41. The second-order valence-corrected chi connectivity index (χ2v) is 4.58. The van der Waals surface area contributed by atoms with E-state index < -0.39 is 0 Å². The van der Waals surface area contributed by atoms with Gasteiger partial charge < -0.3 is 10.1 Å². The van der Waals surface area contributed by atoms with Crippen molar-refractivity contribution in [3.63, 3.8) is 0 Å². The van der Waals surface area contributed by atoms with Gasteiger partial charge in [0.25, 0.3) is 0 Å². The van der Waals surface area contributed by atoms with E-state index >= 15 is 0 Å². The Labute approximate surface area is 99.2 Å². The van der Waals surface area contributed by atoms with Crippen LogP contribution in [0.2, 0.25) is 0 Å². The number of para-hydroxylation sites is 1. The number of ether oxygens (including phenoxy) is 1. The van der Waals surface area contributed by atoms with Crippen LogP contribution < -0.4 is 5.32 Å². The van der Waals surface area contributed by atoms with Gasteiger partial charge in [-0.3, -0.25) is 0 Å². The Morgan fingerprint density at radius 2 is 2.14 bits per heavy atom. The summed E-state index contributed by atoms with van der Waals surface area (Å²) >= 11 is 2.33. The summed E-state index contributed by atoms with van der Waals surface area (Å²) < 4.78 is 6.34. The molecule has 0 spiro atoms. The predicted molar refractivity (Wildman–Crippen MR) is 68.7 cm³/mol. The molecule has 0 aliphatic carbocycles. The molecule has 1 aromatic rings. The molecule has 1 rings (SSSR count). The minimum absolute atomic E-state index is 0.538. The van der Waals surface area contributed by atoms with Crippen molar-refractivity contribution in [1.82, 2.24) is 0 Å². The highest BCUT2D eigenvalue weighted by Crippen LogP contribution is 2.17. The topological polar surface area (TPSA) is 21.3 Å². The smallest absolute Gasteiger partial charge is 0.0504 e. The van der Waals surface area contributed by atoms with Crippen LogP contribution in [0.15, 0.2) is 24.3 Å². The number of anilines is 1. The van der Waals surface area contributed by atoms with Gasteiger partial charge >= 0.3 is 0 Å². The zero-order chi connectivity index (χ0) is 10.4. The third kappa shape index (κ3) is 3.84. The van der Waals surface area contributed by atoms with Gasteiger partial charge in [-0.1, -0.05) is 19.1 Å². The summed E-state index contributed by atoms with van der Waals surface area (Å²) in [6.07, 6.45) is 0. The second kappa shape index (κ2) is 6.24. The van der Waals surface area contributed by atoms with Gasteiger partial charge in [0.2, 0.25) is 0 Å². The van der Waals surface area contributed by atoms with Crippen molar-refractivity contribution >= 4 is 28.3 Å². The van der Waals surface area contributed by atoms with Gasteiger partial charge in [0, 0.05) is 22.9 Å². The molecule has 2 nitrogen and oxygen atoms in total. The lowest BCUT2D eigenvalue weighted by atomic mass is 10.2. The van der Waals surface area contributed by atoms with Crippen LogP contribution >= 0.6 is 22.6 Å². The summed E-state index contributed by atoms with van der Waals surface area (Å²) in [7, 11) is 1.74. The monoisotopic (exact) mass is 305 g/mol. The zero-order valence-corrected chi connectivity index (χ0v) is 10.7. The van der Waals surface area contributed by atoms with Crippen LogP contribution in [0.5, 0.6) is 0 Å². The highest BCUT2D eigenvalue weighted by molar-refractivity contribution is 14.1. The summed E-state index contributed by atoms with van der Waals surface area (Å²) in [4.78, 5) is 0. The van der Waals surface area contributed by atoms with Crippen molar-refractivity contribution in [3.8, 4) is 0 Å². The number of halogens is 1. The first kappa shape index (κ1) is 11.8. The molecule has 0 amide bonds. The van der Waals surface area contributed by atoms with Gasteiger partial charge in [0.15, 0.2) is 0 Å². The molecular formula is C11H16INO. The maximum absolute atomic E-state index is 5.08. The number of hydrogen-bond donors (Lipinski definition) is 1. The van der Waals surface area contributed by atoms with Gasteiger partial charge in [-0.2, -0.15) is 0 Å². The highest BCUT2D eigenvalue weighted by Gasteiger charge is 2.02. The van der Waals surface area contributed by atoms with Crippen molar-refractivity contribution in [1.29, 1.82) is 0 Å². The first-order valence-electron chi connectivity index (χ1n) is 4.71. The molecule has 0 radical (unpaired) electrons. The molecule has 1 N–H and O–H groups in total. The zero-order valence-electron chi connectivity index (χ0n) is 8.59. The fraction of sp³-hybridized carbons (Fsp3) is 0.455. The Kier molecular flexibility index (Phi) is 5.25. The summed E-state index contributed by atoms with van der Waals surface area (Å²) in [6, 6.07) is 8.29. The molecule has 0 fully saturated rings. The summed E-state index contributed by atoms with van der Waals surface area (Å²) in [6.45, 7) is 3.93. The van der Waals surface area contributed by atoms with Crippen LogP contribution in [0.4, 0.5) is 5.69 Å². The lowest BCUT2D eigenvalue weighted by molar-refractivity contribution is 0.164. The molecule has 0 aliphatic heterocycles. The van der Waals surface area contributed by atoms with Crippen LogP contribution in [0.3, 0.4) is 0 Å². The summed E-state index contributed by atoms with van der Waals surface area (Å²) in [5.41, 5.74) is 1.20. The molecule has 0 heterocycles. The van der Waals surface area contributed by atoms with Crippen LogP contribution in [0.25, 0.3) is 0 Å². The van der Waals surface area contributed by atoms with Crippen LogP contribution in [0, 0.1) is 9.49 Å². The molecule has 78 valence electrons. The van der Waals surface area contributed by atoms with Crippen molar-refractivity contribution < 1.29 is 4.74 Å². The molecule has 0 saturated heterocycles. The number of methoxy groups -OCH3 is 1. The van der Waals surface area contributed by atoms with E-state index in [1.807, 2.05) is 12.1 Å². The standard InChI is InChI=1S/C11H16INO/c1-9(8-14-2)7-13-11-6-4-3-5-10(11)12/h3-6,9,13H,7-8H2,1-2H3. The Balaban J connectivity index is 2.41.